The quantitative estimate of drug-likeness (QED) is 0.342. The van der Waals surface area contributed by atoms with Crippen molar-refractivity contribution in [2.45, 2.75) is 59.4 Å². The van der Waals surface area contributed by atoms with Gasteiger partial charge in [0.2, 0.25) is 0 Å². The first kappa shape index (κ1) is 15.7. The summed E-state index contributed by atoms with van der Waals surface area (Å²) in [5, 5.41) is 11.9. The van der Waals surface area contributed by atoms with Gasteiger partial charge in [0.25, 0.3) is 0 Å². The Morgan fingerprint density at radius 3 is 2.05 bits per heavy atom. The fourth-order valence-electron chi connectivity index (χ4n) is 1.92. The molecule has 1 unspecified atom stereocenters. The van der Waals surface area contributed by atoms with Gasteiger partial charge in [-0.05, 0) is 23.5 Å². The van der Waals surface area contributed by atoms with Crippen molar-refractivity contribution in [3.63, 3.8) is 0 Å². The maximum absolute atomic E-state index is 11.9. The molecule has 1 rings (SSSR count). The van der Waals surface area contributed by atoms with E-state index in [0.717, 1.165) is 11.2 Å². The van der Waals surface area contributed by atoms with Crippen LogP contribution in [0.5, 0.6) is 0 Å². The molecule has 0 saturated carbocycles. The van der Waals surface area contributed by atoms with E-state index in [1.807, 2.05) is 20.8 Å². The van der Waals surface area contributed by atoms with Gasteiger partial charge >= 0.3 is 0 Å². The summed E-state index contributed by atoms with van der Waals surface area (Å²) in [6.45, 7) is 12.3. The summed E-state index contributed by atoms with van der Waals surface area (Å²) in [6.07, 6.45) is 2.70. The molecule has 0 aliphatic heterocycles. The Morgan fingerprint density at radius 1 is 1.11 bits per heavy atom. The summed E-state index contributed by atoms with van der Waals surface area (Å²) in [5.41, 5.74) is 2.30. The molecule has 106 valence electrons. The number of rotatable bonds is 4. The zero-order chi connectivity index (χ0) is 14.6. The Labute approximate surface area is 117 Å². The Hall–Kier alpha value is -1.31. The van der Waals surface area contributed by atoms with Crippen LogP contribution in [-0.2, 0) is 6.42 Å². The minimum atomic E-state index is -0.351. The van der Waals surface area contributed by atoms with E-state index in [2.05, 4.69) is 45.0 Å². The van der Waals surface area contributed by atoms with Gasteiger partial charge < -0.3 is 5.21 Å². The molecule has 0 aliphatic carbocycles. The topological polar surface area (TPSA) is 26.1 Å². The zero-order valence-electron chi connectivity index (χ0n) is 13.1. The van der Waals surface area contributed by atoms with E-state index in [9.17, 15) is 5.21 Å². The van der Waals surface area contributed by atoms with Crippen molar-refractivity contribution in [2.24, 2.45) is 5.92 Å². The fourth-order valence-corrected chi connectivity index (χ4v) is 1.92. The second-order valence-corrected chi connectivity index (χ2v) is 6.72. The predicted octanol–water partition coefficient (Wildman–Crippen LogP) is 4.37. The lowest BCUT2D eigenvalue weighted by Crippen LogP contribution is -2.30. The molecule has 0 heterocycles. The molecule has 1 aromatic rings. The number of hydrogen-bond donors (Lipinski definition) is 0. The second-order valence-electron chi connectivity index (χ2n) is 6.72. The van der Waals surface area contributed by atoms with Gasteiger partial charge in [-0.3, -0.25) is 0 Å². The minimum Gasteiger partial charge on any atom is -0.624 e. The fraction of sp³-hybridized carbons (Fsp3) is 0.588. The van der Waals surface area contributed by atoms with Crippen LogP contribution < -0.4 is 0 Å². The first-order valence-electron chi connectivity index (χ1n) is 7.10. The van der Waals surface area contributed by atoms with Crippen LogP contribution in [-0.4, -0.2) is 16.5 Å². The van der Waals surface area contributed by atoms with Crippen molar-refractivity contribution in [2.75, 3.05) is 0 Å². The van der Waals surface area contributed by atoms with Gasteiger partial charge in [0.05, 0.1) is 0 Å². The molecule has 0 spiro atoms. The number of benzene rings is 1. The highest BCUT2D eigenvalue weighted by Crippen LogP contribution is 2.16. The molecule has 0 bridgehead atoms. The lowest BCUT2D eigenvalue weighted by Gasteiger charge is -2.20. The van der Waals surface area contributed by atoms with Gasteiger partial charge in [0.15, 0.2) is 11.8 Å². The lowest BCUT2D eigenvalue weighted by molar-refractivity contribution is -0.533. The molecule has 0 N–H and O–H groups in total. The third-order valence-electron chi connectivity index (χ3n) is 3.26. The number of hydroxylamine groups is 1. The van der Waals surface area contributed by atoms with Crippen LogP contribution in [0.2, 0.25) is 0 Å². The van der Waals surface area contributed by atoms with Crippen molar-refractivity contribution in [3.05, 3.63) is 40.6 Å². The van der Waals surface area contributed by atoms with Crippen molar-refractivity contribution < 1.29 is 4.74 Å². The van der Waals surface area contributed by atoms with Crippen LogP contribution in [0.15, 0.2) is 24.3 Å². The Morgan fingerprint density at radius 2 is 1.63 bits per heavy atom. The highest BCUT2D eigenvalue weighted by Gasteiger charge is 2.19. The molecule has 19 heavy (non-hydrogen) atoms. The summed E-state index contributed by atoms with van der Waals surface area (Å²) in [5.74, 6) is 0.817. The third kappa shape index (κ3) is 5.06. The zero-order valence-corrected chi connectivity index (χ0v) is 13.1. The number of hydrogen-bond acceptors (Lipinski definition) is 1. The first-order valence-corrected chi connectivity index (χ1v) is 7.10. The largest absolute Gasteiger partial charge is 0.624 e. The Bertz CT molecular complexity index is 424. The summed E-state index contributed by atoms with van der Waals surface area (Å²) >= 11 is 0. The van der Waals surface area contributed by atoms with Crippen LogP contribution in [0.3, 0.4) is 0 Å². The van der Waals surface area contributed by atoms with Crippen molar-refractivity contribution in [1.82, 2.24) is 0 Å². The van der Waals surface area contributed by atoms with Crippen LogP contribution in [0.1, 0.15) is 58.6 Å². The third-order valence-corrected chi connectivity index (χ3v) is 3.26. The summed E-state index contributed by atoms with van der Waals surface area (Å²) in [4.78, 5) is 0. The van der Waals surface area contributed by atoms with E-state index in [-0.39, 0.29) is 11.5 Å². The number of nitrogens with zero attached hydrogens (tertiary/aromatic N) is 1. The molecule has 0 fully saturated rings. The summed E-state index contributed by atoms with van der Waals surface area (Å²) in [6, 6.07) is 8.72. The van der Waals surface area contributed by atoms with Gasteiger partial charge in [-0.25, -0.2) is 4.74 Å². The van der Waals surface area contributed by atoms with E-state index in [1.54, 1.807) is 6.21 Å². The second kappa shape index (κ2) is 6.23. The van der Waals surface area contributed by atoms with Crippen LogP contribution in [0, 0.1) is 11.1 Å². The molecule has 0 radical (unpaired) electrons. The molecular weight excluding hydrogens is 234 g/mol. The maximum atomic E-state index is 11.9. The molecule has 0 aliphatic rings. The molecule has 0 saturated heterocycles. The maximum Gasteiger partial charge on any atom is 0.164 e. The van der Waals surface area contributed by atoms with E-state index in [0.29, 0.717) is 5.92 Å². The van der Waals surface area contributed by atoms with Gasteiger partial charge in [-0.1, -0.05) is 45.0 Å². The van der Waals surface area contributed by atoms with Crippen molar-refractivity contribution in [3.8, 4) is 0 Å². The minimum absolute atomic E-state index is 0.252. The SMILES string of the molecule is CC(C=[N+]([O-])C(C)(C)C)Cc1ccc(C(C)C)cc1. The van der Waals surface area contributed by atoms with Gasteiger partial charge in [-0.15, -0.1) is 0 Å². The smallest absolute Gasteiger partial charge is 0.164 e. The van der Waals surface area contributed by atoms with E-state index < -0.39 is 0 Å². The lowest BCUT2D eigenvalue weighted by atomic mass is 9.97. The molecule has 0 aromatic heterocycles. The highest BCUT2D eigenvalue weighted by atomic mass is 16.5. The summed E-state index contributed by atoms with van der Waals surface area (Å²) < 4.78 is 1.07. The average molecular weight is 261 g/mol. The van der Waals surface area contributed by atoms with E-state index in [4.69, 9.17) is 0 Å². The Kier molecular flexibility index (Phi) is 5.16. The molecular formula is C17H27NO. The molecule has 1 aromatic carbocycles. The van der Waals surface area contributed by atoms with Crippen LogP contribution in [0.25, 0.3) is 0 Å². The van der Waals surface area contributed by atoms with Crippen LogP contribution >= 0.6 is 0 Å². The van der Waals surface area contributed by atoms with Gasteiger partial charge in [-0.2, -0.15) is 0 Å². The molecule has 0 amide bonds. The summed E-state index contributed by atoms with van der Waals surface area (Å²) in [7, 11) is 0. The van der Waals surface area contributed by atoms with Crippen molar-refractivity contribution >= 4 is 6.21 Å². The van der Waals surface area contributed by atoms with Gasteiger partial charge in [0.1, 0.15) is 0 Å². The van der Waals surface area contributed by atoms with Crippen LogP contribution in [0.4, 0.5) is 0 Å². The molecule has 1 atom stereocenters. The normalized spacial score (nSPS) is 14.8. The standard InChI is InChI=1S/C17H27NO/c1-13(2)16-9-7-15(8-10-16)11-14(3)12-18(19)17(4,5)6/h7-10,12-14H,11H2,1-6H3. The predicted molar refractivity (Wildman–Crippen MR) is 82.8 cm³/mol. The van der Waals surface area contributed by atoms with E-state index >= 15 is 0 Å². The first-order chi connectivity index (χ1) is 8.70. The Balaban J connectivity index is 2.70. The monoisotopic (exact) mass is 261 g/mol. The van der Waals surface area contributed by atoms with E-state index in [1.165, 1.54) is 11.1 Å². The van der Waals surface area contributed by atoms with Gasteiger partial charge in [0, 0.05) is 26.7 Å². The van der Waals surface area contributed by atoms with Crippen molar-refractivity contribution in [1.29, 1.82) is 0 Å². The molecule has 2 nitrogen and oxygen atoms in total. The highest BCUT2D eigenvalue weighted by molar-refractivity contribution is 5.55. The molecule has 2 heteroatoms. The average Bonchev–Trinajstić information content (AvgIpc) is 2.28.